The third-order valence-corrected chi connectivity index (χ3v) is 5.18. The second kappa shape index (κ2) is 5.81. The van der Waals surface area contributed by atoms with E-state index >= 15 is 0 Å². The molecular formula is C15H23BrN2O. The number of methoxy groups -OCH3 is 1. The van der Waals surface area contributed by atoms with Gasteiger partial charge in [0.1, 0.15) is 5.75 Å². The first kappa shape index (κ1) is 14.8. The first-order chi connectivity index (χ1) is 8.97. The van der Waals surface area contributed by atoms with Gasteiger partial charge in [0, 0.05) is 28.7 Å². The molecule has 19 heavy (non-hydrogen) atoms. The number of hydrogen-bond acceptors (Lipinski definition) is 3. The lowest BCUT2D eigenvalue weighted by Crippen LogP contribution is -2.29. The largest absolute Gasteiger partial charge is 0.496 e. The summed E-state index contributed by atoms with van der Waals surface area (Å²) in [6.07, 6.45) is 2.55. The van der Waals surface area contributed by atoms with E-state index in [4.69, 9.17) is 10.5 Å². The first-order valence-electron chi connectivity index (χ1n) is 6.79. The van der Waals surface area contributed by atoms with Gasteiger partial charge in [0.25, 0.3) is 0 Å². The highest BCUT2D eigenvalue weighted by Gasteiger charge is 2.25. The highest BCUT2D eigenvalue weighted by Crippen LogP contribution is 2.38. The Kier molecular flexibility index (Phi) is 4.54. The molecule has 1 saturated carbocycles. The fourth-order valence-electron chi connectivity index (χ4n) is 2.50. The molecule has 0 saturated heterocycles. The Hall–Kier alpha value is -0.580. The van der Waals surface area contributed by atoms with E-state index < -0.39 is 0 Å². The van der Waals surface area contributed by atoms with Gasteiger partial charge in [-0.3, -0.25) is 0 Å². The number of halogens is 1. The molecule has 4 heteroatoms. The Morgan fingerprint density at radius 2 is 1.89 bits per heavy atom. The van der Waals surface area contributed by atoms with Gasteiger partial charge in [-0.05, 0) is 50.3 Å². The molecule has 0 heterocycles. The van der Waals surface area contributed by atoms with Crippen molar-refractivity contribution >= 4 is 15.9 Å². The van der Waals surface area contributed by atoms with E-state index in [1.54, 1.807) is 7.11 Å². The molecule has 1 atom stereocenters. The molecule has 0 aliphatic heterocycles. The molecule has 1 aromatic carbocycles. The lowest BCUT2D eigenvalue weighted by atomic mass is 9.94. The molecule has 0 amide bonds. The lowest BCUT2D eigenvalue weighted by molar-refractivity contribution is 0.399. The van der Waals surface area contributed by atoms with Gasteiger partial charge in [-0.15, -0.1) is 0 Å². The second-order valence-electron chi connectivity index (χ2n) is 5.42. The van der Waals surface area contributed by atoms with E-state index in [1.807, 2.05) is 0 Å². The zero-order chi connectivity index (χ0) is 14.2. The van der Waals surface area contributed by atoms with Crippen LogP contribution in [-0.2, 0) is 0 Å². The van der Waals surface area contributed by atoms with Crippen LogP contribution in [0.25, 0.3) is 0 Å². The molecule has 0 aromatic heterocycles. The van der Waals surface area contributed by atoms with Crippen molar-refractivity contribution in [3.8, 4) is 5.75 Å². The maximum Gasteiger partial charge on any atom is 0.127 e. The van der Waals surface area contributed by atoms with Crippen LogP contribution in [0.4, 0.5) is 0 Å². The van der Waals surface area contributed by atoms with E-state index in [2.05, 4.69) is 42.0 Å². The van der Waals surface area contributed by atoms with Crippen LogP contribution in [-0.4, -0.2) is 19.7 Å². The molecule has 0 spiro atoms. The Labute approximate surface area is 124 Å². The van der Waals surface area contributed by atoms with Crippen molar-refractivity contribution in [3.63, 3.8) is 0 Å². The van der Waals surface area contributed by atoms with Gasteiger partial charge in [-0.2, -0.15) is 0 Å². The monoisotopic (exact) mass is 326 g/mol. The number of benzene rings is 1. The van der Waals surface area contributed by atoms with Gasteiger partial charge in [0.2, 0.25) is 0 Å². The number of hydrogen-bond donors (Lipinski definition) is 2. The van der Waals surface area contributed by atoms with Crippen LogP contribution >= 0.6 is 15.9 Å². The molecule has 1 aliphatic rings. The summed E-state index contributed by atoms with van der Waals surface area (Å²) in [4.78, 5) is 0. The predicted octanol–water partition coefficient (Wildman–Crippen LogP) is 3.13. The molecule has 0 radical (unpaired) electrons. The maximum atomic E-state index is 6.37. The smallest absolute Gasteiger partial charge is 0.127 e. The first-order valence-corrected chi connectivity index (χ1v) is 7.58. The minimum atomic E-state index is -0.0360. The fraction of sp³-hybridized carbons (Fsp3) is 0.600. The molecular weight excluding hydrogens is 304 g/mol. The van der Waals surface area contributed by atoms with Crippen LogP contribution in [0.15, 0.2) is 4.47 Å². The SMILES string of the molecule is COc1c(C)c(C)c(Br)c(C)c1C(N)CNC1CC1. The second-order valence-corrected chi connectivity index (χ2v) is 6.22. The summed E-state index contributed by atoms with van der Waals surface area (Å²) in [6.45, 7) is 7.10. The summed E-state index contributed by atoms with van der Waals surface area (Å²) in [5, 5.41) is 3.49. The van der Waals surface area contributed by atoms with Crippen LogP contribution in [0.3, 0.4) is 0 Å². The Morgan fingerprint density at radius 1 is 1.26 bits per heavy atom. The molecule has 1 unspecified atom stereocenters. The highest BCUT2D eigenvalue weighted by atomic mass is 79.9. The summed E-state index contributed by atoms with van der Waals surface area (Å²) < 4.78 is 6.75. The van der Waals surface area contributed by atoms with Crippen LogP contribution in [0.1, 0.15) is 41.1 Å². The standard InChI is InChI=1S/C15H23BrN2O/c1-8-9(2)15(19-4)13(10(3)14(8)16)12(17)7-18-11-5-6-11/h11-12,18H,5-7,17H2,1-4H3. The van der Waals surface area contributed by atoms with Crippen LogP contribution in [0, 0.1) is 20.8 Å². The van der Waals surface area contributed by atoms with Crippen LogP contribution in [0.5, 0.6) is 5.75 Å². The van der Waals surface area contributed by atoms with Crippen molar-refractivity contribution in [2.24, 2.45) is 5.73 Å². The molecule has 106 valence electrons. The normalized spacial score (nSPS) is 16.5. The van der Waals surface area contributed by atoms with E-state index in [-0.39, 0.29) is 6.04 Å². The topological polar surface area (TPSA) is 47.3 Å². The molecule has 3 N–H and O–H groups in total. The third-order valence-electron chi connectivity index (χ3n) is 3.99. The van der Waals surface area contributed by atoms with Gasteiger partial charge >= 0.3 is 0 Å². The molecule has 1 fully saturated rings. The summed E-state index contributed by atoms with van der Waals surface area (Å²) in [6, 6.07) is 0.637. The minimum Gasteiger partial charge on any atom is -0.496 e. The predicted molar refractivity (Wildman–Crippen MR) is 82.9 cm³/mol. The van der Waals surface area contributed by atoms with Gasteiger partial charge < -0.3 is 15.8 Å². The van der Waals surface area contributed by atoms with E-state index in [9.17, 15) is 0 Å². The van der Waals surface area contributed by atoms with Crippen molar-refractivity contribution in [2.45, 2.75) is 45.7 Å². The molecule has 1 aromatic rings. The minimum absolute atomic E-state index is 0.0360. The maximum absolute atomic E-state index is 6.37. The Morgan fingerprint density at radius 3 is 2.42 bits per heavy atom. The van der Waals surface area contributed by atoms with E-state index in [0.29, 0.717) is 6.04 Å². The highest BCUT2D eigenvalue weighted by molar-refractivity contribution is 9.10. The zero-order valence-corrected chi connectivity index (χ0v) is 13.7. The van der Waals surface area contributed by atoms with Crippen molar-refractivity contribution < 1.29 is 4.74 Å². The van der Waals surface area contributed by atoms with Gasteiger partial charge in [-0.25, -0.2) is 0 Å². The Balaban J connectivity index is 2.35. The summed E-state index contributed by atoms with van der Waals surface area (Å²) in [5.74, 6) is 0.934. The lowest BCUT2D eigenvalue weighted by Gasteiger charge is -2.23. The van der Waals surface area contributed by atoms with E-state index in [0.717, 1.165) is 27.9 Å². The van der Waals surface area contributed by atoms with Crippen molar-refractivity contribution in [1.82, 2.24) is 5.32 Å². The van der Waals surface area contributed by atoms with Crippen molar-refractivity contribution in [2.75, 3.05) is 13.7 Å². The summed E-state index contributed by atoms with van der Waals surface area (Å²) in [7, 11) is 1.72. The molecule has 2 rings (SSSR count). The molecule has 1 aliphatic carbocycles. The summed E-state index contributed by atoms with van der Waals surface area (Å²) in [5.41, 5.74) is 11.1. The number of nitrogens with one attached hydrogen (secondary N) is 1. The van der Waals surface area contributed by atoms with Gasteiger partial charge in [0.15, 0.2) is 0 Å². The summed E-state index contributed by atoms with van der Waals surface area (Å²) >= 11 is 3.67. The quantitative estimate of drug-likeness (QED) is 0.873. The molecule has 3 nitrogen and oxygen atoms in total. The average Bonchev–Trinajstić information content (AvgIpc) is 3.21. The molecule has 0 bridgehead atoms. The Bertz CT molecular complexity index is 484. The number of ether oxygens (including phenoxy) is 1. The van der Waals surface area contributed by atoms with Crippen LogP contribution < -0.4 is 15.8 Å². The van der Waals surface area contributed by atoms with Crippen molar-refractivity contribution in [3.05, 3.63) is 26.7 Å². The third kappa shape index (κ3) is 2.96. The van der Waals surface area contributed by atoms with Crippen LogP contribution in [0.2, 0.25) is 0 Å². The van der Waals surface area contributed by atoms with Crippen molar-refractivity contribution in [1.29, 1.82) is 0 Å². The number of nitrogens with two attached hydrogens (primary N) is 1. The van der Waals surface area contributed by atoms with E-state index in [1.165, 1.54) is 24.0 Å². The van der Waals surface area contributed by atoms with Gasteiger partial charge in [0.05, 0.1) is 7.11 Å². The average molecular weight is 327 g/mol. The fourth-order valence-corrected chi connectivity index (χ4v) is 3.01. The number of rotatable bonds is 5. The van der Waals surface area contributed by atoms with Gasteiger partial charge in [-0.1, -0.05) is 15.9 Å². The zero-order valence-electron chi connectivity index (χ0n) is 12.1.